The number of amides is 1. The largest absolute Gasteiger partial charge is 0.489 e. The van der Waals surface area contributed by atoms with Crippen molar-refractivity contribution >= 4 is 23.5 Å². The summed E-state index contributed by atoms with van der Waals surface area (Å²) in [5.74, 6) is -1.34. The number of benzene rings is 3. The molecule has 166 valence electrons. The van der Waals surface area contributed by atoms with Gasteiger partial charge in [0.1, 0.15) is 12.4 Å². The van der Waals surface area contributed by atoms with Gasteiger partial charge in [0.25, 0.3) is 0 Å². The van der Waals surface area contributed by atoms with E-state index in [4.69, 9.17) is 16.3 Å². The van der Waals surface area contributed by atoms with Crippen molar-refractivity contribution in [2.45, 2.75) is 25.9 Å². The number of hydrogen-bond acceptors (Lipinski definition) is 3. The number of halogens is 1. The van der Waals surface area contributed by atoms with Gasteiger partial charge in [0.05, 0.1) is 12.3 Å². The van der Waals surface area contributed by atoms with Crippen LogP contribution in [0.1, 0.15) is 29.0 Å². The Bertz CT molecular complexity index is 1110. The third-order valence-electron chi connectivity index (χ3n) is 5.31. The predicted molar refractivity (Wildman–Crippen MR) is 126 cm³/mol. The van der Waals surface area contributed by atoms with Crippen molar-refractivity contribution in [3.63, 3.8) is 0 Å². The van der Waals surface area contributed by atoms with Crippen LogP contribution < -0.4 is 4.74 Å². The van der Waals surface area contributed by atoms with Crippen molar-refractivity contribution in [1.29, 1.82) is 0 Å². The van der Waals surface area contributed by atoms with E-state index in [1.165, 1.54) is 4.90 Å². The summed E-state index contributed by atoms with van der Waals surface area (Å²) in [4.78, 5) is 25.0. The molecule has 6 heteroatoms. The third-order valence-corrected chi connectivity index (χ3v) is 5.72. The zero-order chi connectivity index (χ0) is 23.3. The van der Waals surface area contributed by atoms with Gasteiger partial charge in [0.2, 0.25) is 5.91 Å². The minimum atomic E-state index is -1.01. The molecule has 0 saturated heterocycles. The second-order valence-corrected chi connectivity index (χ2v) is 8.26. The molecule has 0 fully saturated rings. The van der Waals surface area contributed by atoms with Crippen LogP contribution in [-0.4, -0.2) is 36.0 Å². The molecule has 0 spiro atoms. The van der Waals surface area contributed by atoms with E-state index in [1.807, 2.05) is 43.3 Å². The number of aliphatic carboxylic acids is 1. The maximum Gasteiger partial charge on any atom is 0.304 e. The van der Waals surface area contributed by atoms with Crippen molar-refractivity contribution in [3.05, 3.63) is 88.4 Å². The highest BCUT2D eigenvalue weighted by Crippen LogP contribution is 2.29. The number of carbonyl (C=O) groups excluding carboxylic acids is 1. The van der Waals surface area contributed by atoms with E-state index >= 15 is 0 Å². The van der Waals surface area contributed by atoms with Crippen LogP contribution in [0.25, 0.3) is 11.1 Å². The lowest BCUT2D eigenvalue weighted by Crippen LogP contribution is -2.29. The van der Waals surface area contributed by atoms with Crippen molar-refractivity contribution in [2.75, 3.05) is 14.1 Å². The number of carboxylic acids is 1. The lowest BCUT2D eigenvalue weighted by molar-refractivity contribution is -0.141. The average molecular weight is 452 g/mol. The number of hydrogen-bond donors (Lipinski definition) is 1. The molecule has 0 bridgehead atoms. The second-order valence-electron chi connectivity index (χ2n) is 7.85. The summed E-state index contributed by atoms with van der Waals surface area (Å²) in [5, 5.41) is 9.91. The smallest absolute Gasteiger partial charge is 0.304 e. The molecule has 1 amide bonds. The standard InChI is InChI=1S/C26H26ClNO4/c1-17-22(8-5-9-24(17)27)20-7-4-6-18(14-20)16-32-21-12-10-19(11-13-21)23(15-25(29)30)26(31)28(2)3/h4-14,23H,15-16H2,1-3H3,(H,29,30)/t23-/m0/s1. The molecule has 3 rings (SSSR count). The van der Waals surface area contributed by atoms with Crippen LogP contribution in [0.15, 0.2) is 66.7 Å². The Labute approximate surface area is 193 Å². The van der Waals surface area contributed by atoms with Gasteiger partial charge >= 0.3 is 5.97 Å². The highest BCUT2D eigenvalue weighted by atomic mass is 35.5. The molecule has 0 saturated carbocycles. The molecule has 1 N–H and O–H groups in total. The fraction of sp³-hybridized carbons (Fsp3) is 0.231. The van der Waals surface area contributed by atoms with Crippen molar-refractivity contribution in [3.8, 4) is 16.9 Å². The number of likely N-dealkylation sites (N-methyl/N-ethyl adjacent to an activating group) is 1. The Morgan fingerprint density at radius 2 is 1.72 bits per heavy atom. The summed E-state index contributed by atoms with van der Waals surface area (Å²) in [7, 11) is 3.24. The molecule has 1 atom stereocenters. The number of carboxylic acid groups (broad SMARTS) is 1. The van der Waals surface area contributed by atoms with Gasteiger partial charge in [-0.05, 0) is 59.0 Å². The third kappa shape index (κ3) is 5.68. The predicted octanol–water partition coefficient (Wildman–Crippen LogP) is 5.54. The number of rotatable bonds is 8. The van der Waals surface area contributed by atoms with Crippen LogP contribution in [0, 0.1) is 6.92 Å². The van der Waals surface area contributed by atoms with Crippen molar-refractivity contribution in [2.24, 2.45) is 0 Å². The SMILES string of the molecule is Cc1c(Cl)cccc1-c1cccc(COc2ccc([C@H](CC(=O)O)C(=O)N(C)C)cc2)c1. The summed E-state index contributed by atoms with van der Waals surface area (Å²) in [6.07, 6.45) is -0.257. The summed E-state index contributed by atoms with van der Waals surface area (Å²) in [6.45, 7) is 2.38. The molecule has 0 heterocycles. The first-order valence-electron chi connectivity index (χ1n) is 10.3. The van der Waals surface area contributed by atoms with Crippen LogP contribution >= 0.6 is 11.6 Å². The summed E-state index contributed by atoms with van der Waals surface area (Å²) < 4.78 is 5.92. The van der Waals surface area contributed by atoms with E-state index in [-0.39, 0.29) is 12.3 Å². The topological polar surface area (TPSA) is 66.8 Å². The number of ether oxygens (including phenoxy) is 1. The molecular formula is C26H26ClNO4. The molecule has 3 aromatic carbocycles. The monoisotopic (exact) mass is 451 g/mol. The van der Waals surface area contributed by atoms with E-state index in [9.17, 15) is 14.7 Å². The molecule has 5 nitrogen and oxygen atoms in total. The number of carbonyl (C=O) groups is 2. The van der Waals surface area contributed by atoms with Gasteiger partial charge in [-0.2, -0.15) is 0 Å². The van der Waals surface area contributed by atoms with Gasteiger partial charge in [0, 0.05) is 19.1 Å². The Kier molecular flexibility index (Phi) is 7.54. The van der Waals surface area contributed by atoms with Gasteiger partial charge in [-0.1, -0.05) is 54.1 Å². The Hall–Kier alpha value is -3.31. The van der Waals surface area contributed by atoms with Gasteiger partial charge in [-0.3, -0.25) is 9.59 Å². The van der Waals surface area contributed by atoms with E-state index in [2.05, 4.69) is 6.07 Å². The van der Waals surface area contributed by atoms with Crippen LogP contribution in [0.4, 0.5) is 0 Å². The lowest BCUT2D eigenvalue weighted by atomic mass is 9.94. The van der Waals surface area contributed by atoms with E-state index in [0.29, 0.717) is 17.9 Å². The number of nitrogens with zero attached hydrogens (tertiary/aromatic N) is 1. The highest BCUT2D eigenvalue weighted by Gasteiger charge is 2.25. The van der Waals surface area contributed by atoms with Crippen LogP contribution in [0.3, 0.4) is 0 Å². The minimum absolute atomic E-state index is 0.241. The minimum Gasteiger partial charge on any atom is -0.489 e. The maximum atomic E-state index is 12.4. The first kappa shape index (κ1) is 23.4. The molecule has 0 radical (unpaired) electrons. The van der Waals surface area contributed by atoms with Gasteiger partial charge in [-0.25, -0.2) is 0 Å². The summed E-state index contributed by atoms with van der Waals surface area (Å²) in [6, 6.07) is 21.0. The molecular weight excluding hydrogens is 426 g/mol. The zero-order valence-electron chi connectivity index (χ0n) is 18.3. The average Bonchev–Trinajstić information content (AvgIpc) is 2.78. The lowest BCUT2D eigenvalue weighted by Gasteiger charge is -2.19. The summed E-state index contributed by atoms with van der Waals surface area (Å²) >= 11 is 6.26. The van der Waals surface area contributed by atoms with E-state index in [0.717, 1.165) is 27.3 Å². The fourth-order valence-electron chi connectivity index (χ4n) is 3.55. The molecule has 0 aliphatic heterocycles. The molecule has 0 aliphatic rings. The summed E-state index contributed by atoms with van der Waals surface area (Å²) in [5.41, 5.74) is 4.85. The zero-order valence-corrected chi connectivity index (χ0v) is 19.1. The molecule has 32 heavy (non-hydrogen) atoms. The van der Waals surface area contributed by atoms with Crippen LogP contribution in [-0.2, 0) is 16.2 Å². The highest BCUT2D eigenvalue weighted by molar-refractivity contribution is 6.31. The molecule has 0 unspecified atom stereocenters. The van der Waals surface area contributed by atoms with Gasteiger partial charge in [-0.15, -0.1) is 0 Å². The maximum absolute atomic E-state index is 12.4. The van der Waals surface area contributed by atoms with Crippen molar-refractivity contribution < 1.29 is 19.4 Å². The molecule has 3 aromatic rings. The molecule has 0 aliphatic carbocycles. The first-order valence-corrected chi connectivity index (χ1v) is 10.6. The first-order chi connectivity index (χ1) is 15.3. The van der Waals surface area contributed by atoms with Crippen LogP contribution in [0.5, 0.6) is 5.75 Å². The van der Waals surface area contributed by atoms with Crippen molar-refractivity contribution in [1.82, 2.24) is 4.90 Å². The van der Waals surface area contributed by atoms with Gasteiger partial charge < -0.3 is 14.7 Å². The normalized spacial score (nSPS) is 11.6. The second kappa shape index (κ2) is 10.3. The quantitative estimate of drug-likeness (QED) is 0.488. The Morgan fingerprint density at radius 3 is 2.38 bits per heavy atom. The van der Waals surface area contributed by atoms with Crippen LogP contribution in [0.2, 0.25) is 5.02 Å². The van der Waals surface area contributed by atoms with E-state index in [1.54, 1.807) is 38.4 Å². The van der Waals surface area contributed by atoms with Gasteiger partial charge in [0.15, 0.2) is 0 Å². The fourth-order valence-corrected chi connectivity index (χ4v) is 3.72. The molecule has 0 aromatic heterocycles. The Morgan fingerprint density at radius 1 is 1.03 bits per heavy atom. The Balaban J connectivity index is 1.72. The van der Waals surface area contributed by atoms with E-state index < -0.39 is 11.9 Å².